The van der Waals surface area contributed by atoms with E-state index in [0.717, 1.165) is 21.5 Å². The standard InChI is InChI=1S/C19H17N3O2S/c23-18-8-14(11-22(18)10-13-4-2-1-3-5-13)19(24)21-15-6-7-16-17(9-15)25-12-20-16/h1-7,9,12,14H,8,10-11H2,(H,21,24)/t14-/m1/s1. The van der Waals surface area contributed by atoms with Gasteiger partial charge in [0.2, 0.25) is 11.8 Å². The fourth-order valence-corrected chi connectivity index (χ4v) is 3.80. The third kappa shape index (κ3) is 3.39. The lowest BCUT2D eigenvalue weighted by Gasteiger charge is -2.16. The summed E-state index contributed by atoms with van der Waals surface area (Å²) in [4.78, 5) is 30.7. The Morgan fingerprint density at radius 1 is 1.24 bits per heavy atom. The molecule has 0 saturated carbocycles. The number of carbonyl (C=O) groups excluding carboxylic acids is 2. The van der Waals surface area contributed by atoms with E-state index in [-0.39, 0.29) is 24.2 Å². The number of aromatic nitrogens is 1. The van der Waals surface area contributed by atoms with Crippen LogP contribution in [-0.4, -0.2) is 28.2 Å². The topological polar surface area (TPSA) is 62.3 Å². The molecule has 0 aliphatic carbocycles. The Bertz CT molecular complexity index is 923. The molecule has 1 aromatic heterocycles. The van der Waals surface area contributed by atoms with Gasteiger partial charge in [-0.3, -0.25) is 9.59 Å². The molecular formula is C19H17N3O2S. The maximum atomic E-state index is 12.5. The molecule has 0 bridgehead atoms. The van der Waals surface area contributed by atoms with Crippen molar-refractivity contribution in [3.63, 3.8) is 0 Å². The van der Waals surface area contributed by atoms with E-state index in [1.165, 1.54) is 11.3 Å². The highest BCUT2D eigenvalue weighted by atomic mass is 32.1. The number of nitrogens with one attached hydrogen (secondary N) is 1. The number of amides is 2. The van der Waals surface area contributed by atoms with Gasteiger partial charge in [-0.2, -0.15) is 0 Å². The normalized spacial score (nSPS) is 17.2. The third-order valence-corrected chi connectivity index (χ3v) is 5.19. The summed E-state index contributed by atoms with van der Waals surface area (Å²) in [6, 6.07) is 15.5. The Morgan fingerprint density at radius 3 is 2.92 bits per heavy atom. The van der Waals surface area contributed by atoms with E-state index in [4.69, 9.17) is 0 Å². The van der Waals surface area contributed by atoms with E-state index >= 15 is 0 Å². The first kappa shape index (κ1) is 15.8. The van der Waals surface area contributed by atoms with Gasteiger partial charge in [-0.1, -0.05) is 30.3 Å². The molecule has 4 rings (SSSR count). The summed E-state index contributed by atoms with van der Waals surface area (Å²) in [5, 5.41) is 2.93. The summed E-state index contributed by atoms with van der Waals surface area (Å²) in [6.45, 7) is 1.01. The van der Waals surface area contributed by atoms with Crippen molar-refractivity contribution in [2.24, 2.45) is 5.92 Å². The SMILES string of the molecule is O=C(Nc1ccc2ncsc2c1)[C@@H]1CC(=O)N(Cc2ccccc2)C1. The summed E-state index contributed by atoms with van der Waals surface area (Å²) in [5.41, 5.74) is 4.53. The Morgan fingerprint density at radius 2 is 2.08 bits per heavy atom. The number of likely N-dealkylation sites (tertiary alicyclic amines) is 1. The summed E-state index contributed by atoms with van der Waals surface area (Å²) in [5.74, 6) is -0.386. The number of hydrogen-bond acceptors (Lipinski definition) is 4. The number of fused-ring (bicyclic) bond motifs is 1. The minimum absolute atomic E-state index is 0.0295. The van der Waals surface area contributed by atoms with Crippen molar-refractivity contribution in [3.8, 4) is 0 Å². The third-order valence-electron chi connectivity index (χ3n) is 4.40. The Hall–Kier alpha value is -2.73. The number of thiazole rings is 1. The van der Waals surface area contributed by atoms with Gasteiger partial charge in [0.15, 0.2) is 0 Å². The fraction of sp³-hybridized carbons (Fsp3) is 0.211. The summed E-state index contributed by atoms with van der Waals surface area (Å²) >= 11 is 1.54. The van der Waals surface area contributed by atoms with Crippen molar-refractivity contribution < 1.29 is 9.59 Å². The molecule has 1 aliphatic rings. The predicted octanol–water partition coefficient (Wildman–Crippen LogP) is 3.28. The lowest BCUT2D eigenvalue weighted by atomic mass is 10.1. The van der Waals surface area contributed by atoms with E-state index in [1.807, 2.05) is 48.5 Å². The molecule has 3 aromatic rings. The van der Waals surface area contributed by atoms with E-state index in [0.29, 0.717) is 13.1 Å². The van der Waals surface area contributed by atoms with Gasteiger partial charge in [-0.25, -0.2) is 4.98 Å². The van der Waals surface area contributed by atoms with Crippen LogP contribution in [0.25, 0.3) is 10.2 Å². The van der Waals surface area contributed by atoms with Gasteiger partial charge in [-0.05, 0) is 23.8 Å². The monoisotopic (exact) mass is 351 g/mol. The molecule has 1 N–H and O–H groups in total. The average Bonchev–Trinajstić information content (AvgIpc) is 3.22. The number of rotatable bonds is 4. The second-order valence-corrected chi connectivity index (χ2v) is 7.07. The minimum Gasteiger partial charge on any atom is -0.338 e. The number of anilines is 1. The number of benzene rings is 2. The van der Waals surface area contributed by atoms with Crippen LogP contribution in [0.4, 0.5) is 5.69 Å². The second kappa shape index (κ2) is 6.64. The van der Waals surface area contributed by atoms with Crippen molar-refractivity contribution in [1.29, 1.82) is 0 Å². The maximum Gasteiger partial charge on any atom is 0.229 e. The van der Waals surface area contributed by atoms with Crippen LogP contribution >= 0.6 is 11.3 Å². The molecule has 1 fully saturated rings. The van der Waals surface area contributed by atoms with Gasteiger partial charge in [0, 0.05) is 25.2 Å². The first-order chi connectivity index (χ1) is 12.2. The molecule has 2 aromatic carbocycles. The van der Waals surface area contributed by atoms with Crippen LogP contribution in [0.1, 0.15) is 12.0 Å². The van der Waals surface area contributed by atoms with E-state index < -0.39 is 0 Å². The molecule has 6 heteroatoms. The minimum atomic E-state index is -0.312. The van der Waals surface area contributed by atoms with E-state index in [1.54, 1.807) is 10.4 Å². The van der Waals surface area contributed by atoms with Crippen molar-refractivity contribution >= 4 is 39.1 Å². The molecule has 2 amide bonds. The molecule has 0 spiro atoms. The predicted molar refractivity (Wildman–Crippen MR) is 98.2 cm³/mol. The van der Waals surface area contributed by atoms with Gasteiger partial charge < -0.3 is 10.2 Å². The summed E-state index contributed by atoms with van der Waals surface area (Å²) < 4.78 is 1.03. The summed E-state index contributed by atoms with van der Waals surface area (Å²) in [6.07, 6.45) is 0.265. The Labute approximate surface area is 149 Å². The molecule has 1 saturated heterocycles. The zero-order chi connectivity index (χ0) is 17.2. The molecule has 5 nitrogen and oxygen atoms in total. The first-order valence-corrected chi connectivity index (χ1v) is 9.03. The second-order valence-electron chi connectivity index (χ2n) is 6.19. The highest BCUT2D eigenvalue weighted by molar-refractivity contribution is 7.16. The lowest BCUT2D eigenvalue weighted by molar-refractivity contribution is -0.128. The van der Waals surface area contributed by atoms with Gasteiger partial charge >= 0.3 is 0 Å². The van der Waals surface area contributed by atoms with Crippen LogP contribution in [-0.2, 0) is 16.1 Å². The van der Waals surface area contributed by atoms with E-state index in [2.05, 4.69) is 10.3 Å². The summed E-state index contributed by atoms with van der Waals surface area (Å²) in [7, 11) is 0. The van der Waals surface area contributed by atoms with Crippen molar-refractivity contribution in [2.45, 2.75) is 13.0 Å². The largest absolute Gasteiger partial charge is 0.338 e. The Balaban J connectivity index is 1.41. The highest BCUT2D eigenvalue weighted by Gasteiger charge is 2.34. The number of carbonyl (C=O) groups is 2. The molecule has 0 radical (unpaired) electrons. The van der Waals surface area contributed by atoms with Gasteiger partial charge in [0.25, 0.3) is 0 Å². The smallest absolute Gasteiger partial charge is 0.229 e. The first-order valence-electron chi connectivity index (χ1n) is 8.15. The van der Waals surface area contributed by atoms with Gasteiger partial charge in [0.1, 0.15) is 0 Å². The lowest BCUT2D eigenvalue weighted by Crippen LogP contribution is -2.28. The molecule has 1 atom stereocenters. The van der Waals surface area contributed by atoms with Gasteiger partial charge in [-0.15, -0.1) is 11.3 Å². The van der Waals surface area contributed by atoms with Crippen LogP contribution in [0, 0.1) is 5.92 Å². The average molecular weight is 351 g/mol. The number of nitrogens with zero attached hydrogens (tertiary/aromatic N) is 2. The zero-order valence-corrected chi connectivity index (χ0v) is 14.3. The fourth-order valence-electron chi connectivity index (χ4n) is 3.08. The van der Waals surface area contributed by atoms with Gasteiger partial charge in [0.05, 0.1) is 21.6 Å². The zero-order valence-electron chi connectivity index (χ0n) is 13.5. The molecule has 1 aliphatic heterocycles. The molecule has 126 valence electrons. The Kier molecular flexibility index (Phi) is 4.19. The maximum absolute atomic E-state index is 12.5. The molecule has 25 heavy (non-hydrogen) atoms. The van der Waals surface area contributed by atoms with Crippen molar-refractivity contribution in [2.75, 3.05) is 11.9 Å². The van der Waals surface area contributed by atoms with Crippen molar-refractivity contribution in [3.05, 3.63) is 59.6 Å². The molecule has 2 heterocycles. The van der Waals surface area contributed by atoms with Crippen LogP contribution in [0.15, 0.2) is 54.0 Å². The van der Waals surface area contributed by atoms with E-state index in [9.17, 15) is 9.59 Å². The highest BCUT2D eigenvalue weighted by Crippen LogP contribution is 2.25. The van der Waals surface area contributed by atoms with Crippen LogP contribution < -0.4 is 5.32 Å². The van der Waals surface area contributed by atoms with Crippen molar-refractivity contribution in [1.82, 2.24) is 9.88 Å². The van der Waals surface area contributed by atoms with Crippen LogP contribution in [0.2, 0.25) is 0 Å². The molecule has 0 unspecified atom stereocenters. The number of hydrogen-bond donors (Lipinski definition) is 1. The van der Waals surface area contributed by atoms with Crippen LogP contribution in [0.3, 0.4) is 0 Å². The molecular weight excluding hydrogens is 334 g/mol. The quantitative estimate of drug-likeness (QED) is 0.785. The van der Waals surface area contributed by atoms with Crippen LogP contribution in [0.5, 0.6) is 0 Å².